The second-order valence-electron chi connectivity index (χ2n) is 5.64. The van der Waals surface area contributed by atoms with Crippen molar-refractivity contribution in [2.24, 2.45) is 11.7 Å². The number of rotatable bonds is 6. The Bertz CT molecular complexity index is 603. The van der Waals surface area contributed by atoms with Crippen LogP contribution in [0.5, 0.6) is 0 Å². The van der Waals surface area contributed by atoms with Crippen molar-refractivity contribution in [2.75, 3.05) is 19.6 Å². The number of thiophene rings is 1. The van der Waals surface area contributed by atoms with Gasteiger partial charge in [-0.1, -0.05) is 18.3 Å². The summed E-state index contributed by atoms with van der Waals surface area (Å²) in [5, 5.41) is 13.5. The Balaban J connectivity index is 2.03. The van der Waals surface area contributed by atoms with Gasteiger partial charge in [-0.15, -0.1) is 0 Å². The normalized spacial score (nSPS) is 18.7. The van der Waals surface area contributed by atoms with Gasteiger partial charge in [0, 0.05) is 19.2 Å². The smallest absolute Gasteiger partial charge is 0.324 e. The van der Waals surface area contributed by atoms with Crippen molar-refractivity contribution in [2.45, 2.75) is 25.8 Å². The molecule has 8 nitrogen and oxygen atoms in total. The minimum atomic E-state index is -0.524. The minimum Gasteiger partial charge on any atom is -0.354 e. The molecular formula is C14H20N4O4S. The molecule has 3 N–H and O–H groups in total. The van der Waals surface area contributed by atoms with E-state index in [-0.39, 0.29) is 27.6 Å². The van der Waals surface area contributed by atoms with Gasteiger partial charge in [0.25, 0.3) is 5.91 Å². The maximum absolute atomic E-state index is 12.5. The van der Waals surface area contributed by atoms with Crippen molar-refractivity contribution in [3.05, 3.63) is 27.1 Å². The fourth-order valence-electron chi connectivity index (χ4n) is 2.44. The van der Waals surface area contributed by atoms with Gasteiger partial charge in [0.1, 0.15) is 6.04 Å². The first kappa shape index (κ1) is 17.4. The van der Waals surface area contributed by atoms with Crippen LogP contribution in [-0.4, -0.2) is 47.3 Å². The molecule has 0 aliphatic carbocycles. The molecule has 1 aliphatic heterocycles. The van der Waals surface area contributed by atoms with Crippen molar-refractivity contribution >= 4 is 28.2 Å². The molecule has 2 amide bonds. The van der Waals surface area contributed by atoms with Gasteiger partial charge in [-0.2, -0.15) is 0 Å². The van der Waals surface area contributed by atoms with Crippen LogP contribution >= 0.6 is 11.3 Å². The van der Waals surface area contributed by atoms with Crippen LogP contribution in [0.1, 0.15) is 29.4 Å². The summed E-state index contributed by atoms with van der Waals surface area (Å²) in [6.45, 7) is 3.36. The van der Waals surface area contributed by atoms with Crippen LogP contribution in [0, 0.1) is 16.0 Å². The Morgan fingerprint density at radius 1 is 1.57 bits per heavy atom. The lowest BCUT2D eigenvalue weighted by molar-refractivity contribution is -0.380. The summed E-state index contributed by atoms with van der Waals surface area (Å²) in [7, 11) is 0. The quantitative estimate of drug-likeness (QED) is 0.591. The van der Waals surface area contributed by atoms with E-state index in [1.54, 1.807) is 0 Å². The monoisotopic (exact) mass is 340 g/mol. The lowest BCUT2D eigenvalue weighted by atomic mass is 10.1. The third kappa shape index (κ3) is 4.05. The Morgan fingerprint density at radius 2 is 2.30 bits per heavy atom. The molecule has 23 heavy (non-hydrogen) atoms. The van der Waals surface area contributed by atoms with Crippen LogP contribution in [0.4, 0.5) is 5.00 Å². The van der Waals surface area contributed by atoms with E-state index in [1.165, 1.54) is 17.0 Å². The molecule has 1 aliphatic rings. The van der Waals surface area contributed by atoms with Gasteiger partial charge >= 0.3 is 5.00 Å². The predicted octanol–water partition coefficient (Wildman–Crippen LogP) is 0.972. The van der Waals surface area contributed by atoms with E-state index < -0.39 is 11.0 Å². The Labute approximate surface area is 137 Å². The van der Waals surface area contributed by atoms with Crippen LogP contribution in [0.3, 0.4) is 0 Å². The summed E-state index contributed by atoms with van der Waals surface area (Å²) in [5.41, 5.74) is 5.52. The van der Waals surface area contributed by atoms with Gasteiger partial charge in [0.2, 0.25) is 5.91 Å². The van der Waals surface area contributed by atoms with E-state index in [0.717, 1.165) is 17.8 Å². The molecule has 0 radical (unpaired) electrons. The first-order valence-electron chi connectivity index (χ1n) is 7.47. The zero-order valence-electron chi connectivity index (χ0n) is 12.9. The zero-order valence-corrected chi connectivity index (χ0v) is 13.7. The highest BCUT2D eigenvalue weighted by Gasteiger charge is 2.35. The number of hydrogen-bond acceptors (Lipinski definition) is 6. The molecule has 0 saturated carbocycles. The van der Waals surface area contributed by atoms with Crippen molar-refractivity contribution in [1.29, 1.82) is 0 Å². The second kappa shape index (κ2) is 7.51. The number of nitrogens with two attached hydrogens (primary N) is 1. The first-order chi connectivity index (χ1) is 10.9. The van der Waals surface area contributed by atoms with Crippen LogP contribution in [-0.2, 0) is 4.79 Å². The van der Waals surface area contributed by atoms with Crippen molar-refractivity contribution in [1.82, 2.24) is 10.2 Å². The number of nitrogens with zero attached hydrogens (tertiary/aromatic N) is 2. The molecule has 0 bridgehead atoms. The molecule has 1 saturated heterocycles. The van der Waals surface area contributed by atoms with E-state index in [0.29, 0.717) is 26.1 Å². The van der Waals surface area contributed by atoms with Gasteiger partial charge in [-0.05, 0) is 31.4 Å². The van der Waals surface area contributed by atoms with Gasteiger partial charge < -0.3 is 16.0 Å². The molecule has 2 heterocycles. The number of carbonyl (C=O) groups excluding carboxylic acids is 2. The number of hydrogen-bond donors (Lipinski definition) is 2. The SMILES string of the molecule is CC(CN)CNC(=O)C1CCCN1C(=O)c1ccc([N+](=O)[O-])s1. The summed E-state index contributed by atoms with van der Waals surface area (Å²) < 4.78 is 0. The van der Waals surface area contributed by atoms with Gasteiger partial charge in [-0.25, -0.2) is 0 Å². The molecule has 126 valence electrons. The highest BCUT2D eigenvalue weighted by atomic mass is 32.1. The third-order valence-electron chi connectivity index (χ3n) is 3.83. The summed E-state index contributed by atoms with van der Waals surface area (Å²) >= 11 is 0.833. The summed E-state index contributed by atoms with van der Waals surface area (Å²) in [4.78, 5) is 36.8. The number of likely N-dealkylation sites (tertiary alicyclic amines) is 1. The summed E-state index contributed by atoms with van der Waals surface area (Å²) in [6, 6.07) is 2.23. The summed E-state index contributed by atoms with van der Waals surface area (Å²) in [5.74, 6) is -0.348. The lowest BCUT2D eigenvalue weighted by Crippen LogP contribution is -2.47. The van der Waals surface area contributed by atoms with Gasteiger partial charge in [0.05, 0.1) is 9.80 Å². The maximum atomic E-state index is 12.5. The standard InChI is InChI=1S/C14H20N4O4S/c1-9(7-15)8-16-13(19)10-3-2-6-17(10)14(20)11-4-5-12(23-11)18(21)22/h4-5,9-10H,2-3,6-8,15H2,1H3,(H,16,19). The average molecular weight is 340 g/mol. The second-order valence-corrected chi connectivity index (χ2v) is 6.70. The fourth-order valence-corrected chi connectivity index (χ4v) is 3.22. The summed E-state index contributed by atoms with van der Waals surface area (Å²) in [6.07, 6.45) is 1.34. The molecule has 1 fully saturated rings. The minimum absolute atomic E-state index is 0.0784. The Hall–Kier alpha value is -2.00. The van der Waals surface area contributed by atoms with Crippen molar-refractivity contribution < 1.29 is 14.5 Å². The van der Waals surface area contributed by atoms with Crippen molar-refractivity contribution in [3.8, 4) is 0 Å². The molecule has 0 spiro atoms. The average Bonchev–Trinajstić information content (AvgIpc) is 3.20. The Kier molecular flexibility index (Phi) is 5.67. The van der Waals surface area contributed by atoms with E-state index in [2.05, 4.69) is 5.32 Å². The molecule has 2 unspecified atom stereocenters. The maximum Gasteiger partial charge on any atom is 0.324 e. The molecule has 1 aromatic heterocycles. The highest BCUT2D eigenvalue weighted by Crippen LogP contribution is 2.28. The topological polar surface area (TPSA) is 119 Å². The Morgan fingerprint density at radius 3 is 2.91 bits per heavy atom. The molecular weight excluding hydrogens is 320 g/mol. The first-order valence-corrected chi connectivity index (χ1v) is 8.28. The van der Waals surface area contributed by atoms with Crippen molar-refractivity contribution in [3.63, 3.8) is 0 Å². The van der Waals surface area contributed by atoms with E-state index in [9.17, 15) is 19.7 Å². The molecule has 2 rings (SSSR count). The predicted molar refractivity (Wildman–Crippen MR) is 86.3 cm³/mol. The molecule has 9 heteroatoms. The van der Waals surface area contributed by atoms with Gasteiger partial charge in [-0.3, -0.25) is 19.7 Å². The molecule has 1 aromatic rings. The lowest BCUT2D eigenvalue weighted by Gasteiger charge is -2.24. The van der Waals surface area contributed by atoms with Gasteiger partial charge in [0.15, 0.2) is 0 Å². The number of nitrogens with one attached hydrogen (secondary N) is 1. The van der Waals surface area contributed by atoms with E-state index in [1.807, 2.05) is 6.92 Å². The van der Waals surface area contributed by atoms with Crippen LogP contribution in [0.15, 0.2) is 12.1 Å². The van der Waals surface area contributed by atoms with Crippen LogP contribution in [0.2, 0.25) is 0 Å². The van der Waals surface area contributed by atoms with Crippen LogP contribution < -0.4 is 11.1 Å². The number of nitro groups is 1. The number of carbonyl (C=O) groups is 2. The van der Waals surface area contributed by atoms with E-state index in [4.69, 9.17) is 5.73 Å². The van der Waals surface area contributed by atoms with E-state index >= 15 is 0 Å². The molecule has 2 atom stereocenters. The fraction of sp³-hybridized carbons (Fsp3) is 0.571. The third-order valence-corrected chi connectivity index (χ3v) is 4.85. The number of amides is 2. The van der Waals surface area contributed by atoms with Crippen LogP contribution in [0.25, 0.3) is 0 Å². The molecule has 0 aromatic carbocycles. The zero-order chi connectivity index (χ0) is 17.0. The highest BCUT2D eigenvalue weighted by molar-refractivity contribution is 7.17. The largest absolute Gasteiger partial charge is 0.354 e.